The highest BCUT2D eigenvalue weighted by Crippen LogP contribution is 2.76. The zero-order chi connectivity index (χ0) is 35.4. The van der Waals surface area contributed by atoms with E-state index in [1.54, 1.807) is 6.92 Å². The van der Waals surface area contributed by atoms with Gasteiger partial charge in [0.1, 0.15) is 24.1 Å². The Hall–Kier alpha value is -1.89. The van der Waals surface area contributed by atoms with E-state index in [1.165, 1.54) is 14.2 Å². The van der Waals surface area contributed by atoms with Crippen molar-refractivity contribution in [3.8, 4) is 0 Å². The predicted molar refractivity (Wildman–Crippen MR) is 172 cm³/mol. The molecule has 4 N–H and O–H groups in total. The van der Waals surface area contributed by atoms with Crippen molar-refractivity contribution in [3.63, 3.8) is 0 Å². The van der Waals surface area contributed by atoms with Crippen LogP contribution in [0.5, 0.6) is 0 Å². The number of rotatable bonds is 4. The second-order valence-electron chi connectivity index (χ2n) is 17.1. The van der Waals surface area contributed by atoms with Crippen molar-refractivity contribution in [3.05, 3.63) is 11.6 Å². The molecule has 270 valence electrons. The molecule has 0 aromatic carbocycles. The molecular weight excluding hydrogens is 620 g/mol. The maximum Gasteiger partial charge on any atom is 0.314 e. The van der Waals surface area contributed by atoms with E-state index in [4.69, 9.17) is 18.9 Å². The normalized spacial score (nSPS) is 53.3. The molecule has 5 aliphatic carbocycles. The molecule has 6 rings (SSSR count). The first-order chi connectivity index (χ1) is 22.3. The number of allylic oxidation sites excluding steroid dienone is 1. The van der Waals surface area contributed by atoms with Gasteiger partial charge in [-0.05, 0) is 87.4 Å². The van der Waals surface area contributed by atoms with Crippen molar-refractivity contribution >= 4 is 17.7 Å². The molecule has 0 aromatic rings. The van der Waals surface area contributed by atoms with E-state index in [0.717, 1.165) is 12.0 Å². The number of Topliss-reactive ketones (excluding diaryl/α,β-unsaturated/α-hetero) is 1. The number of fused-ring (bicyclic) bond motifs is 7. The van der Waals surface area contributed by atoms with Crippen LogP contribution in [0.15, 0.2) is 11.6 Å². The van der Waals surface area contributed by atoms with Gasteiger partial charge in [0, 0.05) is 17.8 Å². The van der Waals surface area contributed by atoms with E-state index in [-0.39, 0.29) is 36.6 Å². The molecule has 48 heavy (non-hydrogen) atoms. The summed E-state index contributed by atoms with van der Waals surface area (Å²) in [6.45, 7) is 12.0. The fraction of sp³-hybridized carbons (Fsp3) is 0.865. The van der Waals surface area contributed by atoms with Crippen molar-refractivity contribution in [1.29, 1.82) is 0 Å². The van der Waals surface area contributed by atoms with E-state index < -0.39 is 81.2 Å². The molecule has 0 unspecified atom stereocenters. The number of esters is 2. The molecule has 1 saturated heterocycles. The summed E-state index contributed by atoms with van der Waals surface area (Å²) in [5, 5.41) is 43.1. The van der Waals surface area contributed by atoms with Gasteiger partial charge in [-0.1, -0.05) is 39.3 Å². The van der Waals surface area contributed by atoms with Gasteiger partial charge in [-0.15, -0.1) is 0 Å². The summed E-state index contributed by atoms with van der Waals surface area (Å²) < 4.78 is 22.6. The van der Waals surface area contributed by atoms with Crippen LogP contribution < -0.4 is 0 Å². The number of carbonyl (C=O) groups is 3. The Morgan fingerprint density at radius 2 is 1.56 bits per heavy atom. The lowest BCUT2D eigenvalue weighted by Crippen LogP contribution is -2.71. The lowest BCUT2D eigenvalue weighted by atomic mass is 9.32. The summed E-state index contributed by atoms with van der Waals surface area (Å²) in [6.07, 6.45) is -0.166. The average Bonchev–Trinajstić information content (AvgIpc) is 3.05. The van der Waals surface area contributed by atoms with Crippen molar-refractivity contribution in [2.75, 3.05) is 20.8 Å². The number of hydrogen-bond donors (Lipinski definition) is 4. The van der Waals surface area contributed by atoms with Crippen molar-refractivity contribution in [1.82, 2.24) is 0 Å². The molecule has 6 aliphatic rings. The monoisotopic (exact) mass is 676 g/mol. The zero-order valence-corrected chi connectivity index (χ0v) is 29.8. The number of ketones is 1. The summed E-state index contributed by atoms with van der Waals surface area (Å²) in [7, 11) is 2.75. The molecule has 4 saturated carbocycles. The van der Waals surface area contributed by atoms with Crippen LogP contribution in [0.1, 0.15) is 92.9 Å². The van der Waals surface area contributed by atoms with Gasteiger partial charge in [-0.25, -0.2) is 0 Å². The van der Waals surface area contributed by atoms with Crippen LogP contribution in [-0.4, -0.2) is 95.3 Å². The molecule has 1 heterocycles. The Bertz CT molecular complexity index is 1380. The maximum atomic E-state index is 14.7. The SMILES string of the molecule is COC(=O)[C@]12CC[C@@H](C)[C@@](C)(O)[C@H]1C1=CC[C@@H]3[C@@]4(C)C(=O)C[C@H](O[C@@H]5OC[C@@H](O)[C@@H](O)[C@@H]5O)[C@@](C)(C(=O)OC)[C@@H]4CC[C@@]3(C)[C@]1(C)CC2. The average molecular weight is 677 g/mol. The van der Waals surface area contributed by atoms with Gasteiger partial charge in [0.25, 0.3) is 0 Å². The summed E-state index contributed by atoms with van der Waals surface area (Å²) in [5.74, 6) is -1.87. The molecule has 15 atom stereocenters. The van der Waals surface area contributed by atoms with Gasteiger partial charge in [0.15, 0.2) is 6.29 Å². The number of aliphatic hydroxyl groups is 4. The molecule has 0 bridgehead atoms. The van der Waals surface area contributed by atoms with Crippen LogP contribution >= 0.6 is 0 Å². The fourth-order valence-electron chi connectivity index (χ4n) is 12.2. The summed E-state index contributed by atoms with van der Waals surface area (Å²) in [6, 6.07) is 0. The van der Waals surface area contributed by atoms with Crippen molar-refractivity contribution < 1.29 is 53.8 Å². The minimum atomic E-state index is -1.57. The van der Waals surface area contributed by atoms with Crippen LogP contribution in [0.3, 0.4) is 0 Å². The van der Waals surface area contributed by atoms with E-state index in [2.05, 4.69) is 26.8 Å². The second-order valence-corrected chi connectivity index (χ2v) is 17.1. The highest BCUT2D eigenvalue weighted by molar-refractivity contribution is 5.91. The van der Waals surface area contributed by atoms with Gasteiger partial charge < -0.3 is 39.4 Å². The first-order valence-corrected chi connectivity index (χ1v) is 17.8. The van der Waals surface area contributed by atoms with Crippen LogP contribution in [0.4, 0.5) is 0 Å². The van der Waals surface area contributed by atoms with Crippen molar-refractivity contribution in [2.45, 2.75) is 129 Å². The Kier molecular flexibility index (Phi) is 8.66. The summed E-state index contributed by atoms with van der Waals surface area (Å²) in [5.41, 5.74) is -3.91. The van der Waals surface area contributed by atoms with Crippen LogP contribution in [-0.2, 0) is 33.3 Å². The van der Waals surface area contributed by atoms with Crippen LogP contribution in [0.25, 0.3) is 0 Å². The molecule has 0 radical (unpaired) electrons. The highest BCUT2D eigenvalue weighted by atomic mass is 16.7. The predicted octanol–water partition coefficient (Wildman–Crippen LogP) is 3.09. The Labute approximate surface area is 283 Å². The Morgan fingerprint density at radius 3 is 2.21 bits per heavy atom. The van der Waals surface area contributed by atoms with Crippen LogP contribution in [0.2, 0.25) is 0 Å². The fourth-order valence-corrected chi connectivity index (χ4v) is 12.2. The van der Waals surface area contributed by atoms with E-state index >= 15 is 0 Å². The smallest absolute Gasteiger partial charge is 0.314 e. The molecule has 0 amide bonds. The lowest BCUT2D eigenvalue weighted by molar-refractivity contribution is -0.303. The van der Waals surface area contributed by atoms with Gasteiger partial charge in [-0.2, -0.15) is 0 Å². The van der Waals surface area contributed by atoms with Gasteiger partial charge in [0.05, 0.1) is 43.4 Å². The van der Waals surface area contributed by atoms with Gasteiger partial charge in [-0.3, -0.25) is 14.4 Å². The maximum absolute atomic E-state index is 14.7. The minimum Gasteiger partial charge on any atom is -0.469 e. The molecule has 1 aliphatic heterocycles. The first kappa shape index (κ1) is 35.9. The number of ether oxygens (including phenoxy) is 4. The second kappa shape index (κ2) is 11.6. The number of methoxy groups -OCH3 is 2. The van der Waals surface area contributed by atoms with Crippen molar-refractivity contribution in [2.24, 2.45) is 50.7 Å². The minimum absolute atomic E-state index is 0.0176. The first-order valence-electron chi connectivity index (χ1n) is 17.8. The largest absolute Gasteiger partial charge is 0.469 e. The van der Waals surface area contributed by atoms with Gasteiger partial charge in [0.2, 0.25) is 0 Å². The summed E-state index contributed by atoms with van der Waals surface area (Å²) in [4.78, 5) is 42.2. The third-order valence-corrected chi connectivity index (χ3v) is 15.5. The highest BCUT2D eigenvalue weighted by Gasteiger charge is 2.74. The molecule has 11 nitrogen and oxygen atoms in total. The molecule has 0 spiro atoms. The lowest BCUT2D eigenvalue weighted by Gasteiger charge is -2.71. The number of hydrogen-bond acceptors (Lipinski definition) is 11. The Balaban J connectivity index is 1.41. The quantitative estimate of drug-likeness (QED) is 0.196. The molecular formula is C37H56O11. The van der Waals surface area contributed by atoms with E-state index in [9.17, 15) is 34.8 Å². The van der Waals surface area contributed by atoms with E-state index in [1.807, 2.05) is 13.8 Å². The third kappa shape index (κ3) is 4.42. The van der Waals surface area contributed by atoms with Crippen LogP contribution in [0, 0.1) is 50.7 Å². The molecule has 0 aromatic heterocycles. The van der Waals surface area contributed by atoms with E-state index in [0.29, 0.717) is 38.5 Å². The summed E-state index contributed by atoms with van der Waals surface area (Å²) >= 11 is 0. The zero-order valence-electron chi connectivity index (χ0n) is 29.8. The molecule has 5 fully saturated rings. The molecule has 11 heteroatoms. The standard InChI is InChI=1S/C37H56O11/c1-19-11-14-37(31(43)46-8)16-15-32(2)20(28(37)36(19,6)44)9-10-22-33(32,3)13-12-23-34(22,4)24(39)17-25(35(23,5)30(42)45-7)48-29-27(41)26(40)21(38)18-47-29/h9,19,21-23,25-29,38,40-41,44H,10-18H2,1-8H3/t19-,21-,22+,23-,25+,26-,27+,28-,29+,32-,33-,34-,35+,36-,37+/m1/s1. The topological polar surface area (TPSA) is 169 Å². The Morgan fingerprint density at radius 1 is 0.896 bits per heavy atom. The number of aliphatic hydroxyl groups excluding tert-OH is 3. The number of carbonyl (C=O) groups excluding carboxylic acids is 3. The third-order valence-electron chi connectivity index (χ3n) is 15.5. The van der Waals surface area contributed by atoms with Gasteiger partial charge >= 0.3 is 11.9 Å².